The number of β-lactam (4-membered cyclic amide) rings is 1. The van der Waals surface area contributed by atoms with Crippen molar-refractivity contribution in [2.75, 3.05) is 0 Å². The first kappa shape index (κ1) is 20.9. The maximum Gasteiger partial charge on any atom is 0.331 e. The van der Waals surface area contributed by atoms with E-state index in [1.165, 1.54) is 0 Å². The van der Waals surface area contributed by atoms with Gasteiger partial charge in [0, 0.05) is 4.75 Å². The number of ether oxygens (including phenoxy) is 1. The number of hydrogen-bond donors (Lipinski definition) is 1. The first-order chi connectivity index (χ1) is 14.3. The van der Waals surface area contributed by atoms with Crippen LogP contribution in [0.2, 0.25) is 0 Å². The lowest BCUT2D eigenvalue weighted by Crippen LogP contribution is -2.65. The lowest BCUT2D eigenvalue weighted by molar-refractivity contribution is -0.173. The molecule has 2 aliphatic heterocycles. The number of fused-ring (bicyclic) bond motifs is 1. The van der Waals surface area contributed by atoms with Crippen molar-refractivity contribution in [2.45, 2.75) is 55.6 Å². The van der Waals surface area contributed by atoms with Crippen molar-refractivity contribution < 1.29 is 19.4 Å². The SMILES string of the molecule is CC[C@@H](O)[C@H]1C(=O)N2[C@@H]1SC(C)(C)[C@@H]2C(=O)OC(c1ccccc1)c1ccccc1. The number of nitrogens with zero attached hydrogens (tertiary/aromatic N) is 1. The average molecular weight is 426 g/mol. The molecular weight excluding hydrogens is 398 g/mol. The summed E-state index contributed by atoms with van der Waals surface area (Å²) in [6.07, 6.45) is -0.715. The molecule has 4 atom stereocenters. The minimum atomic E-state index is -0.685. The summed E-state index contributed by atoms with van der Waals surface area (Å²) in [6.45, 7) is 5.79. The van der Waals surface area contributed by atoms with Crippen LogP contribution in [0.4, 0.5) is 0 Å². The highest BCUT2D eigenvalue weighted by molar-refractivity contribution is 8.01. The van der Waals surface area contributed by atoms with Gasteiger partial charge in [0.1, 0.15) is 6.04 Å². The Kier molecular flexibility index (Phi) is 5.64. The number of benzene rings is 2. The molecule has 2 saturated heterocycles. The number of esters is 1. The summed E-state index contributed by atoms with van der Waals surface area (Å²) in [5.41, 5.74) is 1.76. The van der Waals surface area contributed by atoms with E-state index in [0.29, 0.717) is 6.42 Å². The fourth-order valence-electron chi connectivity index (χ4n) is 4.40. The van der Waals surface area contributed by atoms with E-state index in [-0.39, 0.29) is 11.3 Å². The first-order valence-electron chi connectivity index (χ1n) is 10.3. The van der Waals surface area contributed by atoms with E-state index in [9.17, 15) is 14.7 Å². The summed E-state index contributed by atoms with van der Waals surface area (Å²) >= 11 is 1.57. The van der Waals surface area contributed by atoms with Gasteiger partial charge in [0.15, 0.2) is 6.10 Å². The number of hydrogen-bond acceptors (Lipinski definition) is 5. The van der Waals surface area contributed by atoms with Crippen LogP contribution in [0.3, 0.4) is 0 Å². The molecule has 4 rings (SSSR count). The molecule has 1 amide bonds. The maximum absolute atomic E-state index is 13.4. The summed E-state index contributed by atoms with van der Waals surface area (Å²) in [5, 5.41) is 10.1. The van der Waals surface area contributed by atoms with Gasteiger partial charge in [0.25, 0.3) is 0 Å². The molecular formula is C24H27NO4S. The Bertz CT molecular complexity index is 878. The number of aliphatic hydroxyl groups excluding tert-OH is 1. The van der Waals surface area contributed by atoms with Crippen LogP contribution in [0.1, 0.15) is 44.4 Å². The highest BCUT2D eigenvalue weighted by Gasteiger charge is 2.65. The van der Waals surface area contributed by atoms with Crippen molar-refractivity contribution in [3.05, 3.63) is 71.8 Å². The third-order valence-electron chi connectivity index (χ3n) is 5.98. The number of carbonyl (C=O) groups is 2. The lowest BCUT2D eigenvalue weighted by atomic mass is 9.87. The summed E-state index contributed by atoms with van der Waals surface area (Å²) in [5.74, 6) is -1.02. The van der Waals surface area contributed by atoms with Crippen molar-refractivity contribution in [3.8, 4) is 0 Å². The first-order valence-corrected chi connectivity index (χ1v) is 11.2. The Morgan fingerprint density at radius 3 is 2.13 bits per heavy atom. The van der Waals surface area contributed by atoms with Crippen molar-refractivity contribution in [1.82, 2.24) is 4.90 Å². The van der Waals surface area contributed by atoms with Crippen LogP contribution < -0.4 is 0 Å². The Labute approximate surface area is 181 Å². The summed E-state index contributed by atoms with van der Waals surface area (Å²) in [6, 6.07) is 18.6. The van der Waals surface area contributed by atoms with E-state index in [1.807, 2.05) is 81.4 Å². The lowest BCUT2D eigenvalue weighted by Gasteiger charge is -2.45. The average Bonchev–Trinajstić information content (AvgIpc) is 3.00. The molecule has 1 N–H and O–H groups in total. The molecule has 5 nitrogen and oxygen atoms in total. The predicted molar refractivity (Wildman–Crippen MR) is 117 cm³/mol. The van der Waals surface area contributed by atoms with Gasteiger partial charge in [-0.1, -0.05) is 67.6 Å². The minimum Gasteiger partial charge on any atom is -0.451 e. The van der Waals surface area contributed by atoms with Crippen molar-refractivity contribution in [2.24, 2.45) is 5.92 Å². The number of carbonyl (C=O) groups excluding carboxylic acids is 2. The van der Waals surface area contributed by atoms with E-state index in [1.54, 1.807) is 16.7 Å². The fourth-order valence-corrected chi connectivity index (χ4v) is 6.14. The van der Waals surface area contributed by atoms with Gasteiger partial charge in [-0.3, -0.25) is 4.79 Å². The summed E-state index contributed by atoms with van der Waals surface area (Å²) in [7, 11) is 0. The van der Waals surface area contributed by atoms with Gasteiger partial charge < -0.3 is 14.7 Å². The third kappa shape index (κ3) is 3.52. The molecule has 0 unspecified atom stereocenters. The van der Waals surface area contributed by atoms with E-state index in [2.05, 4.69) is 0 Å². The quantitative estimate of drug-likeness (QED) is 0.564. The summed E-state index contributed by atoms with van der Waals surface area (Å²) < 4.78 is 5.55. The number of rotatable bonds is 6. The number of amides is 1. The van der Waals surface area contributed by atoms with Gasteiger partial charge in [-0.25, -0.2) is 4.79 Å². The monoisotopic (exact) mass is 425 g/mol. The second kappa shape index (κ2) is 8.08. The molecule has 2 heterocycles. The topological polar surface area (TPSA) is 66.8 Å². The molecule has 0 spiro atoms. The Morgan fingerprint density at radius 2 is 1.63 bits per heavy atom. The minimum absolute atomic E-state index is 0.162. The molecule has 2 aromatic rings. The van der Waals surface area contributed by atoms with E-state index < -0.39 is 34.9 Å². The zero-order valence-electron chi connectivity index (χ0n) is 17.4. The normalized spacial score (nSPS) is 25.6. The van der Waals surface area contributed by atoms with E-state index in [4.69, 9.17) is 4.74 Å². The molecule has 0 bridgehead atoms. The van der Waals surface area contributed by atoms with Crippen molar-refractivity contribution >= 4 is 23.6 Å². The zero-order chi connectivity index (χ0) is 21.5. The van der Waals surface area contributed by atoms with Gasteiger partial charge in [-0.05, 0) is 31.4 Å². The van der Waals surface area contributed by atoms with E-state index in [0.717, 1.165) is 11.1 Å². The van der Waals surface area contributed by atoms with Crippen LogP contribution in [0.25, 0.3) is 0 Å². The van der Waals surface area contributed by atoms with Crippen LogP contribution in [0, 0.1) is 5.92 Å². The van der Waals surface area contributed by atoms with Gasteiger partial charge >= 0.3 is 5.97 Å². The van der Waals surface area contributed by atoms with Crippen LogP contribution in [-0.2, 0) is 14.3 Å². The Balaban J connectivity index is 1.61. The molecule has 2 fully saturated rings. The highest BCUT2D eigenvalue weighted by atomic mass is 32.2. The molecule has 2 aromatic carbocycles. The van der Waals surface area contributed by atoms with E-state index >= 15 is 0 Å². The summed E-state index contributed by atoms with van der Waals surface area (Å²) in [4.78, 5) is 27.8. The van der Waals surface area contributed by atoms with Crippen LogP contribution in [0.15, 0.2) is 60.7 Å². The maximum atomic E-state index is 13.4. The molecule has 158 valence electrons. The molecule has 2 aliphatic rings. The standard InChI is InChI=1S/C24H27NO4S/c1-4-17(26)18-21(27)25-20(24(2,3)30-22(18)25)23(28)29-19(15-11-7-5-8-12-15)16-13-9-6-10-14-16/h5-14,17-20,22,26H,4H2,1-3H3/t17-,18+,20+,22-/m1/s1. The van der Waals surface area contributed by atoms with Crippen LogP contribution >= 0.6 is 11.8 Å². The second-order valence-corrected chi connectivity index (χ2v) is 10.2. The third-order valence-corrected chi connectivity index (χ3v) is 7.57. The van der Waals surface area contributed by atoms with Gasteiger partial charge in [0.05, 0.1) is 17.4 Å². The Hall–Kier alpha value is -2.31. The Morgan fingerprint density at radius 1 is 1.10 bits per heavy atom. The van der Waals surface area contributed by atoms with Crippen molar-refractivity contribution in [1.29, 1.82) is 0 Å². The van der Waals surface area contributed by atoms with Crippen molar-refractivity contribution in [3.63, 3.8) is 0 Å². The number of thioether (sulfide) groups is 1. The fraction of sp³-hybridized carbons (Fsp3) is 0.417. The van der Waals surface area contributed by atoms with Gasteiger partial charge in [-0.2, -0.15) is 0 Å². The van der Waals surface area contributed by atoms with Gasteiger partial charge in [0.2, 0.25) is 5.91 Å². The molecule has 0 aromatic heterocycles. The molecule has 0 saturated carbocycles. The molecule has 0 radical (unpaired) electrons. The molecule has 0 aliphatic carbocycles. The van der Waals surface area contributed by atoms with Crippen LogP contribution in [0.5, 0.6) is 0 Å². The zero-order valence-corrected chi connectivity index (χ0v) is 18.2. The predicted octanol–water partition coefficient (Wildman–Crippen LogP) is 3.77. The smallest absolute Gasteiger partial charge is 0.331 e. The highest BCUT2D eigenvalue weighted by Crippen LogP contribution is 2.54. The van der Waals surface area contributed by atoms with Crippen LogP contribution in [-0.4, -0.2) is 44.1 Å². The molecule has 6 heteroatoms. The van der Waals surface area contributed by atoms with Gasteiger partial charge in [-0.15, -0.1) is 11.8 Å². The second-order valence-electron chi connectivity index (χ2n) is 8.40. The largest absolute Gasteiger partial charge is 0.451 e. The molecule has 30 heavy (non-hydrogen) atoms. The number of aliphatic hydroxyl groups is 1.